The highest BCUT2D eigenvalue weighted by molar-refractivity contribution is 6.18. The van der Waals surface area contributed by atoms with Crippen molar-refractivity contribution in [2.45, 2.75) is 82.4 Å². The van der Waals surface area contributed by atoms with Crippen molar-refractivity contribution in [3.05, 3.63) is 29.6 Å². The van der Waals surface area contributed by atoms with Crippen molar-refractivity contribution in [1.29, 1.82) is 0 Å². The van der Waals surface area contributed by atoms with E-state index in [9.17, 15) is 25.2 Å². The SMILES string of the molecule is C.CC1N=CC2C(=N1)NC(=O)c1ncn([C@H]3C[C@@H](O)[C@@H](CO)O3)c12.Nc1nc2c(c3c1ncn3[C@H]1C[C@@H](O)[C@@H](CO)O1)C=NC(N)N2. The molecular weight excluding hydrogens is 616 g/mol. The number of imidazole rings is 2. The lowest BCUT2D eigenvalue weighted by molar-refractivity contribution is -0.0451. The monoisotopic (exact) mass is 654 g/mol. The first-order valence-electron chi connectivity index (χ1n) is 14.8. The molecule has 3 unspecified atom stereocenters. The number of amides is 1. The zero-order valence-electron chi connectivity index (χ0n) is 24.6. The van der Waals surface area contributed by atoms with Gasteiger partial charge in [-0.2, -0.15) is 0 Å². The van der Waals surface area contributed by atoms with Crippen LogP contribution in [0.4, 0.5) is 11.6 Å². The first-order valence-corrected chi connectivity index (χ1v) is 14.8. The first-order chi connectivity index (χ1) is 22.2. The van der Waals surface area contributed by atoms with Crippen LogP contribution in [-0.4, -0.2) is 119 Å². The third-order valence-corrected chi connectivity index (χ3v) is 8.47. The Bertz CT molecular complexity index is 1750. The number of hydrogen-bond donors (Lipinski definition) is 8. The fraction of sp³-hybridized carbons (Fsp3) is 0.536. The molecule has 2 saturated heterocycles. The van der Waals surface area contributed by atoms with Crippen molar-refractivity contribution >= 4 is 46.8 Å². The first kappa shape index (κ1) is 32.6. The van der Waals surface area contributed by atoms with E-state index < -0.39 is 43.2 Å². The second kappa shape index (κ2) is 12.7. The van der Waals surface area contributed by atoms with Crippen molar-refractivity contribution in [2.24, 2.45) is 20.7 Å². The molecule has 9 atom stereocenters. The highest BCUT2D eigenvalue weighted by atomic mass is 16.5. The van der Waals surface area contributed by atoms with Crippen LogP contribution >= 0.6 is 0 Å². The Morgan fingerprint density at radius 3 is 2.34 bits per heavy atom. The quantitative estimate of drug-likeness (QED) is 0.160. The van der Waals surface area contributed by atoms with E-state index in [2.05, 4.69) is 40.6 Å². The maximum absolute atomic E-state index is 12.2. The van der Waals surface area contributed by atoms with Gasteiger partial charge in [0.2, 0.25) is 0 Å². The summed E-state index contributed by atoms with van der Waals surface area (Å²) in [5.41, 5.74) is 14.6. The normalized spacial score (nSPS) is 31.9. The number of carbonyl (C=O) groups excluding carboxylic acids is 1. The molecule has 0 aliphatic carbocycles. The number of nitrogens with two attached hydrogens (primary N) is 2. The topological polar surface area (TPSA) is 278 Å². The van der Waals surface area contributed by atoms with Crippen LogP contribution in [0.2, 0.25) is 0 Å². The Morgan fingerprint density at radius 2 is 1.68 bits per heavy atom. The predicted molar refractivity (Wildman–Crippen MR) is 169 cm³/mol. The maximum atomic E-state index is 12.2. The van der Waals surface area contributed by atoms with Crippen LogP contribution in [0.25, 0.3) is 11.0 Å². The molecule has 8 heterocycles. The average Bonchev–Trinajstić information content (AvgIpc) is 3.82. The van der Waals surface area contributed by atoms with Gasteiger partial charge >= 0.3 is 0 Å². The molecule has 252 valence electrons. The molecule has 1 amide bonds. The fourth-order valence-electron chi connectivity index (χ4n) is 6.21. The molecule has 0 radical (unpaired) electrons. The minimum absolute atomic E-state index is 0. The number of amidine groups is 1. The lowest BCUT2D eigenvalue weighted by atomic mass is 9.97. The number of aliphatic hydroxyl groups is 4. The van der Waals surface area contributed by atoms with Gasteiger partial charge in [-0.05, 0) is 6.92 Å². The Kier molecular flexibility index (Phi) is 8.78. The number of rotatable bonds is 4. The molecule has 19 nitrogen and oxygen atoms in total. The zero-order valence-corrected chi connectivity index (χ0v) is 24.6. The summed E-state index contributed by atoms with van der Waals surface area (Å²) in [6.45, 7) is 1.33. The molecule has 5 aliphatic heterocycles. The van der Waals surface area contributed by atoms with E-state index in [1.807, 2.05) is 6.92 Å². The second-order valence-corrected chi connectivity index (χ2v) is 11.5. The van der Waals surface area contributed by atoms with E-state index in [4.69, 9.17) is 20.9 Å². The summed E-state index contributed by atoms with van der Waals surface area (Å²) in [6, 6.07) is 0. The van der Waals surface area contributed by atoms with Gasteiger partial charge in [0.25, 0.3) is 5.91 Å². The van der Waals surface area contributed by atoms with E-state index in [-0.39, 0.29) is 44.4 Å². The van der Waals surface area contributed by atoms with E-state index in [0.29, 0.717) is 52.5 Å². The molecule has 2 fully saturated rings. The van der Waals surface area contributed by atoms with Crippen LogP contribution < -0.4 is 22.1 Å². The van der Waals surface area contributed by atoms with Gasteiger partial charge in [-0.3, -0.25) is 20.5 Å². The number of aromatic nitrogens is 5. The molecule has 0 bridgehead atoms. The second-order valence-electron chi connectivity index (χ2n) is 11.5. The number of aliphatic imine (C=N–C) groups is 3. The van der Waals surface area contributed by atoms with E-state index in [0.717, 1.165) is 0 Å². The van der Waals surface area contributed by atoms with Gasteiger partial charge in [0.05, 0.1) is 60.8 Å². The number of aliphatic hydroxyl groups excluding tert-OH is 4. The van der Waals surface area contributed by atoms with Crippen molar-refractivity contribution in [1.82, 2.24) is 29.4 Å². The Morgan fingerprint density at radius 1 is 1.02 bits per heavy atom. The van der Waals surface area contributed by atoms with E-state index in [1.54, 1.807) is 27.9 Å². The molecular formula is C28H38N12O7. The van der Waals surface area contributed by atoms with Crippen molar-refractivity contribution in [2.75, 3.05) is 24.3 Å². The van der Waals surface area contributed by atoms with Crippen LogP contribution in [-0.2, 0) is 9.47 Å². The number of fused-ring (bicyclic) bond motifs is 6. The molecule has 0 aromatic carbocycles. The molecule has 5 aliphatic rings. The Balaban J connectivity index is 0.000000161. The van der Waals surface area contributed by atoms with Gasteiger partial charge < -0.3 is 55.4 Å². The summed E-state index contributed by atoms with van der Waals surface area (Å²) in [5.74, 6) is 0.731. The van der Waals surface area contributed by atoms with Crippen molar-refractivity contribution < 1.29 is 34.7 Å². The van der Waals surface area contributed by atoms with Gasteiger partial charge in [-0.25, -0.2) is 19.9 Å². The summed E-state index contributed by atoms with van der Waals surface area (Å²) < 4.78 is 14.9. The molecule has 0 saturated carbocycles. The Hall–Kier alpha value is -4.37. The number of ether oxygens (including phenoxy) is 2. The van der Waals surface area contributed by atoms with E-state index in [1.165, 1.54) is 6.33 Å². The highest BCUT2D eigenvalue weighted by Crippen LogP contribution is 2.36. The lowest BCUT2D eigenvalue weighted by Crippen LogP contribution is -2.44. The largest absolute Gasteiger partial charge is 0.394 e. The molecule has 47 heavy (non-hydrogen) atoms. The number of carbonyl (C=O) groups is 1. The maximum Gasteiger partial charge on any atom is 0.277 e. The summed E-state index contributed by atoms with van der Waals surface area (Å²) in [4.78, 5) is 37.8. The molecule has 10 N–H and O–H groups in total. The minimum Gasteiger partial charge on any atom is -0.394 e. The summed E-state index contributed by atoms with van der Waals surface area (Å²) in [6.07, 6.45) is 2.65. The minimum atomic E-state index is -0.756. The van der Waals surface area contributed by atoms with E-state index >= 15 is 0 Å². The number of hydrogen-bond acceptors (Lipinski definition) is 16. The van der Waals surface area contributed by atoms with Gasteiger partial charge in [0, 0.05) is 25.3 Å². The van der Waals surface area contributed by atoms with Crippen LogP contribution in [0.1, 0.15) is 67.3 Å². The molecule has 3 aromatic rings. The Labute approximate surface area is 268 Å². The lowest BCUT2D eigenvalue weighted by Gasteiger charge is -2.28. The summed E-state index contributed by atoms with van der Waals surface area (Å²) in [7, 11) is 0. The third kappa shape index (κ3) is 5.64. The fourth-order valence-corrected chi connectivity index (χ4v) is 6.21. The van der Waals surface area contributed by atoms with Crippen molar-refractivity contribution in [3.8, 4) is 0 Å². The number of nitrogen functional groups attached to an aromatic ring is 1. The smallest absolute Gasteiger partial charge is 0.277 e. The molecule has 0 spiro atoms. The number of anilines is 2. The van der Waals surface area contributed by atoms with Crippen LogP contribution in [0.3, 0.4) is 0 Å². The molecule has 19 heteroatoms. The van der Waals surface area contributed by atoms with Gasteiger partial charge in [0.1, 0.15) is 48.0 Å². The van der Waals surface area contributed by atoms with Gasteiger partial charge in [0.15, 0.2) is 17.8 Å². The summed E-state index contributed by atoms with van der Waals surface area (Å²) in [5, 5.41) is 44.1. The van der Waals surface area contributed by atoms with Crippen LogP contribution in [0.15, 0.2) is 27.6 Å². The van der Waals surface area contributed by atoms with Crippen LogP contribution in [0, 0.1) is 0 Å². The van der Waals surface area contributed by atoms with Crippen molar-refractivity contribution in [3.63, 3.8) is 0 Å². The van der Waals surface area contributed by atoms with Gasteiger partial charge in [-0.1, -0.05) is 7.43 Å². The average molecular weight is 655 g/mol. The number of nitrogens with one attached hydrogen (secondary N) is 2. The third-order valence-electron chi connectivity index (χ3n) is 8.47. The standard InChI is InChI=1S/C14H17N5O4.C13H17N7O3.CH4/c1-6-15-3-7-12-11(14(22)18-13(7)17-6)16-5-19(12)10-2-8(21)9(4-20)23-10;14-11-9-10(5-2-16-13(15)19-12(5)18-11)20(4-17-9)8-1-6(22)7(3-21)23-8;/h3,5-10,20-21H,2,4H2,1H3,(H,17,18,22);2,4,6-8,13,21-22H,1,3,15H2,(H3,14,18,19);1H4/t6?,7?,8-,9-,10-;6-,7-,8-,13?;/m11./s1. The van der Waals surface area contributed by atoms with Gasteiger partial charge in [-0.15, -0.1) is 0 Å². The molecule has 8 rings (SSSR count). The zero-order chi connectivity index (χ0) is 32.3. The molecule has 3 aromatic heterocycles. The summed E-state index contributed by atoms with van der Waals surface area (Å²) >= 11 is 0. The predicted octanol–water partition coefficient (Wildman–Crippen LogP) is -1.44. The number of nitrogens with zero attached hydrogens (tertiary/aromatic N) is 8. The van der Waals surface area contributed by atoms with Crippen LogP contribution in [0.5, 0.6) is 0 Å². The highest BCUT2D eigenvalue weighted by Gasteiger charge is 2.41. The number of pyridine rings is 1.